The van der Waals surface area contributed by atoms with Gasteiger partial charge in [0.05, 0.1) is 12.1 Å². The third-order valence-electron chi connectivity index (χ3n) is 4.69. The SMILES string of the molecule is O=c1c2sccc2n2c(SCc3cccc(F)c3)nnc2n1Cc1ccc(Cl)cc1. The molecule has 0 bridgehead atoms. The first-order valence-electron chi connectivity index (χ1n) is 9.07. The summed E-state index contributed by atoms with van der Waals surface area (Å²) in [5, 5.41) is 11.8. The number of nitrogens with zero attached hydrogens (tertiary/aromatic N) is 4. The number of halogens is 2. The molecule has 5 nitrogen and oxygen atoms in total. The van der Waals surface area contributed by atoms with Gasteiger partial charge in [-0.25, -0.2) is 4.39 Å². The summed E-state index contributed by atoms with van der Waals surface area (Å²) in [4.78, 5) is 13.1. The molecule has 0 spiro atoms. The molecular formula is C21H14ClFN4OS2. The van der Waals surface area contributed by atoms with Crippen molar-refractivity contribution in [1.29, 1.82) is 0 Å². The van der Waals surface area contributed by atoms with Gasteiger partial charge in [0.15, 0.2) is 5.16 Å². The molecule has 0 saturated heterocycles. The lowest BCUT2D eigenvalue weighted by Gasteiger charge is -2.09. The van der Waals surface area contributed by atoms with Crippen molar-refractivity contribution in [1.82, 2.24) is 19.2 Å². The molecule has 0 aliphatic rings. The van der Waals surface area contributed by atoms with Crippen LogP contribution in [0.5, 0.6) is 0 Å². The van der Waals surface area contributed by atoms with Crippen LogP contribution in [0.1, 0.15) is 11.1 Å². The largest absolute Gasteiger partial charge is 0.273 e. The first-order chi connectivity index (χ1) is 14.6. The first kappa shape index (κ1) is 19.3. The molecule has 0 aliphatic carbocycles. The highest BCUT2D eigenvalue weighted by molar-refractivity contribution is 7.98. The maximum atomic E-state index is 13.5. The van der Waals surface area contributed by atoms with Crippen molar-refractivity contribution in [3.05, 3.63) is 92.3 Å². The van der Waals surface area contributed by atoms with Crippen LogP contribution in [-0.4, -0.2) is 19.2 Å². The average molecular weight is 457 g/mol. The molecule has 2 aromatic carbocycles. The molecule has 30 heavy (non-hydrogen) atoms. The van der Waals surface area contributed by atoms with E-state index in [2.05, 4.69) is 10.2 Å². The summed E-state index contributed by atoms with van der Waals surface area (Å²) in [6.07, 6.45) is 0. The Morgan fingerprint density at radius 3 is 2.70 bits per heavy atom. The Labute approximate surface area is 183 Å². The van der Waals surface area contributed by atoms with E-state index in [-0.39, 0.29) is 11.4 Å². The maximum absolute atomic E-state index is 13.5. The molecule has 0 amide bonds. The summed E-state index contributed by atoms with van der Waals surface area (Å²) < 4.78 is 17.7. The van der Waals surface area contributed by atoms with Crippen molar-refractivity contribution >= 4 is 50.7 Å². The number of thioether (sulfide) groups is 1. The summed E-state index contributed by atoms with van der Waals surface area (Å²) in [7, 11) is 0. The summed E-state index contributed by atoms with van der Waals surface area (Å²) in [5.74, 6) is 0.749. The van der Waals surface area contributed by atoms with Crippen LogP contribution < -0.4 is 5.56 Å². The molecule has 3 heterocycles. The van der Waals surface area contributed by atoms with Crippen LogP contribution >= 0.6 is 34.7 Å². The third-order valence-corrected chi connectivity index (χ3v) is 6.84. The van der Waals surface area contributed by atoms with Crippen LogP contribution in [0.15, 0.2) is 69.9 Å². The Kier molecular flexibility index (Phi) is 5.06. The molecule has 0 aliphatic heterocycles. The highest BCUT2D eigenvalue weighted by Gasteiger charge is 2.18. The van der Waals surface area contributed by atoms with Crippen LogP contribution in [0.25, 0.3) is 16.0 Å². The number of rotatable bonds is 5. The van der Waals surface area contributed by atoms with Crippen molar-refractivity contribution in [2.45, 2.75) is 17.5 Å². The third kappa shape index (κ3) is 3.51. The number of thiophene rings is 1. The Hall–Kier alpha value is -2.68. The molecule has 0 fully saturated rings. The first-order valence-corrected chi connectivity index (χ1v) is 11.3. The van der Waals surface area contributed by atoms with Gasteiger partial charge in [0.1, 0.15) is 10.5 Å². The molecule has 5 aromatic rings. The maximum Gasteiger partial charge on any atom is 0.273 e. The topological polar surface area (TPSA) is 52.2 Å². The highest BCUT2D eigenvalue weighted by Crippen LogP contribution is 2.27. The van der Waals surface area contributed by atoms with E-state index < -0.39 is 0 Å². The van der Waals surface area contributed by atoms with Gasteiger partial charge in [-0.05, 0) is 46.8 Å². The van der Waals surface area contributed by atoms with Gasteiger partial charge in [-0.15, -0.1) is 21.5 Å². The van der Waals surface area contributed by atoms with Crippen LogP contribution in [0.4, 0.5) is 4.39 Å². The lowest BCUT2D eigenvalue weighted by Crippen LogP contribution is -2.23. The van der Waals surface area contributed by atoms with E-state index in [0.29, 0.717) is 33.0 Å². The Balaban J connectivity index is 1.59. The molecule has 5 rings (SSSR count). The van der Waals surface area contributed by atoms with Crippen LogP contribution in [0.3, 0.4) is 0 Å². The van der Waals surface area contributed by atoms with E-state index in [1.807, 2.05) is 34.0 Å². The zero-order chi connectivity index (χ0) is 20.7. The predicted molar refractivity (Wildman–Crippen MR) is 119 cm³/mol. The van der Waals surface area contributed by atoms with Crippen LogP contribution in [0.2, 0.25) is 5.02 Å². The molecule has 0 unspecified atom stereocenters. The normalized spacial score (nSPS) is 11.5. The fraction of sp³-hybridized carbons (Fsp3) is 0.0952. The van der Waals surface area contributed by atoms with Crippen molar-refractivity contribution in [2.75, 3.05) is 0 Å². The molecule has 0 saturated carbocycles. The van der Waals surface area contributed by atoms with Crippen LogP contribution in [-0.2, 0) is 12.3 Å². The Morgan fingerprint density at radius 1 is 1.07 bits per heavy atom. The van der Waals surface area contributed by atoms with Gasteiger partial charge < -0.3 is 0 Å². The number of hydrogen-bond acceptors (Lipinski definition) is 5. The minimum absolute atomic E-state index is 0.100. The van der Waals surface area contributed by atoms with Gasteiger partial charge in [-0.1, -0.05) is 47.6 Å². The second kappa shape index (κ2) is 7.86. The van der Waals surface area contributed by atoms with E-state index >= 15 is 0 Å². The summed E-state index contributed by atoms with van der Waals surface area (Å²) in [6, 6.07) is 15.8. The second-order valence-electron chi connectivity index (χ2n) is 6.69. The van der Waals surface area contributed by atoms with Gasteiger partial charge in [0.2, 0.25) is 5.78 Å². The van der Waals surface area contributed by atoms with E-state index in [1.54, 1.807) is 22.8 Å². The van der Waals surface area contributed by atoms with Gasteiger partial charge in [0.25, 0.3) is 5.56 Å². The van der Waals surface area contributed by atoms with E-state index in [4.69, 9.17) is 11.6 Å². The quantitative estimate of drug-likeness (QED) is 0.339. The van der Waals surface area contributed by atoms with Gasteiger partial charge in [0, 0.05) is 10.8 Å². The fourth-order valence-corrected chi connectivity index (χ4v) is 5.12. The Bertz CT molecular complexity index is 1430. The minimum atomic E-state index is -0.267. The predicted octanol–water partition coefficient (Wildman–Crippen LogP) is 5.24. The van der Waals surface area contributed by atoms with Crippen molar-refractivity contribution < 1.29 is 4.39 Å². The lowest BCUT2D eigenvalue weighted by molar-refractivity contribution is 0.626. The Morgan fingerprint density at radius 2 is 1.90 bits per heavy atom. The molecule has 0 radical (unpaired) electrons. The standard InChI is InChI=1S/C21H14ClFN4OS2/c22-15-6-4-13(5-7-15)11-26-19(28)18-17(8-9-29-18)27-20(26)24-25-21(27)30-12-14-2-1-3-16(23)10-14/h1-10H,11-12H2. The van der Waals surface area contributed by atoms with E-state index in [1.165, 1.54) is 35.2 Å². The number of fused-ring (bicyclic) bond motifs is 3. The smallest absolute Gasteiger partial charge is 0.271 e. The van der Waals surface area contributed by atoms with Crippen molar-refractivity contribution in [3.8, 4) is 0 Å². The summed E-state index contributed by atoms with van der Waals surface area (Å²) in [6.45, 7) is 0.361. The molecule has 0 N–H and O–H groups in total. The van der Waals surface area contributed by atoms with Crippen LogP contribution in [0, 0.1) is 5.82 Å². The monoisotopic (exact) mass is 456 g/mol. The second-order valence-corrected chi connectivity index (χ2v) is 8.98. The van der Waals surface area contributed by atoms with Gasteiger partial charge in [-0.2, -0.15) is 0 Å². The molecule has 3 aromatic heterocycles. The fourth-order valence-electron chi connectivity index (χ4n) is 3.28. The molecular weight excluding hydrogens is 443 g/mol. The summed E-state index contributed by atoms with van der Waals surface area (Å²) >= 11 is 8.83. The number of aromatic nitrogens is 4. The lowest BCUT2D eigenvalue weighted by atomic mass is 10.2. The number of benzene rings is 2. The van der Waals surface area contributed by atoms with Crippen molar-refractivity contribution in [2.24, 2.45) is 0 Å². The minimum Gasteiger partial charge on any atom is -0.271 e. The molecule has 0 atom stereocenters. The van der Waals surface area contributed by atoms with E-state index in [0.717, 1.165) is 16.6 Å². The zero-order valence-electron chi connectivity index (χ0n) is 15.5. The van der Waals surface area contributed by atoms with Gasteiger partial charge in [-0.3, -0.25) is 13.8 Å². The van der Waals surface area contributed by atoms with Gasteiger partial charge >= 0.3 is 0 Å². The zero-order valence-corrected chi connectivity index (χ0v) is 17.8. The van der Waals surface area contributed by atoms with Crippen molar-refractivity contribution in [3.63, 3.8) is 0 Å². The molecule has 150 valence electrons. The average Bonchev–Trinajstić information content (AvgIpc) is 3.38. The van der Waals surface area contributed by atoms with E-state index in [9.17, 15) is 9.18 Å². The molecule has 9 heteroatoms. The number of hydrogen-bond donors (Lipinski definition) is 0. The summed E-state index contributed by atoms with van der Waals surface area (Å²) in [5.41, 5.74) is 2.47. The highest BCUT2D eigenvalue weighted by atomic mass is 35.5.